The van der Waals surface area contributed by atoms with Crippen molar-refractivity contribution in [2.75, 3.05) is 0 Å². The molecule has 0 aliphatic carbocycles. The number of hydrogen-bond donors (Lipinski definition) is 0. The van der Waals surface area contributed by atoms with Crippen molar-refractivity contribution in [3.8, 4) is 21.5 Å². The normalized spacial score (nSPS) is 11.2. The second-order valence-electron chi connectivity index (χ2n) is 6.14. The van der Waals surface area contributed by atoms with Crippen LogP contribution in [0.15, 0.2) is 75.0 Å². The van der Waals surface area contributed by atoms with E-state index in [0.29, 0.717) is 24.0 Å². The molecule has 5 aromatic rings. The van der Waals surface area contributed by atoms with E-state index in [1.54, 1.807) is 34.4 Å². The maximum atomic E-state index is 5.38. The van der Waals surface area contributed by atoms with Gasteiger partial charge in [-0.05, 0) is 28.5 Å². The van der Waals surface area contributed by atoms with Crippen molar-refractivity contribution in [3.63, 3.8) is 0 Å². The highest BCUT2D eigenvalue weighted by Crippen LogP contribution is 2.30. The predicted octanol–water partition coefficient (Wildman–Crippen LogP) is 5.46. The molecule has 0 spiro atoms. The van der Waals surface area contributed by atoms with Crippen LogP contribution in [0, 0.1) is 0 Å². The monoisotopic (exact) mass is 437 g/mol. The van der Waals surface area contributed by atoms with Gasteiger partial charge >= 0.3 is 0 Å². The van der Waals surface area contributed by atoms with Crippen molar-refractivity contribution >= 4 is 34.4 Å². The molecule has 0 radical (unpaired) electrons. The first kappa shape index (κ1) is 18.3. The summed E-state index contributed by atoms with van der Waals surface area (Å²) in [7, 11) is 0. The minimum atomic E-state index is 0.556. The first-order valence-corrected chi connectivity index (χ1v) is 11.6. The van der Waals surface area contributed by atoms with Gasteiger partial charge in [0.15, 0.2) is 16.8 Å². The highest BCUT2D eigenvalue weighted by atomic mass is 32.2. The average Bonchev–Trinajstić information content (AvgIpc) is 3.54. The number of thiophene rings is 2. The molecule has 0 N–H and O–H groups in total. The lowest BCUT2D eigenvalue weighted by molar-refractivity contribution is 0.426. The summed E-state index contributed by atoms with van der Waals surface area (Å²) >= 11 is 4.80. The smallest absolute Gasteiger partial charge is 0.268 e. The van der Waals surface area contributed by atoms with Gasteiger partial charge in [0.2, 0.25) is 0 Å². The maximum Gasteiger partial charge on any atom is 0.268 e. The van der Waals surface area contributed by atoms with Gasteiger partial charge in [-0.1, -0.05) is 59.4 Å². The molecule has 144 valence electrons. The Labute approximate surface area is 179 Å². The van der Waals surface area contributed by atoms with Gasteiger partial charge in [-0.25, -0.2) is 0 Å². The molecule has 29 heavy (non-hydrogen) atoms. The summed E-state index contributed by atoms with van der Waals surface area (Å²) in [6.07, 6.45) is 0. The molecule has 5 rings (SSSR count). The fraction of sp³-hybridized carbons (Fsp3) is 0.100. The topological polar surface area (TPSA) is 69.6 Å². The number of nitrogens with zero attached hydrogens (tertiary/aromatic N) is 5. The molecular weight excluding hydrogens is 422 g/mol. The molecule has 9 heteroatoms. The minimum absolute atomic E-state index is 0.556. The van der Waals surface area contributed by atoms with Crippen molar-refractivity contribution in [3.05, 3.63) is 76.7 Å². The van der Waals surface area contributed by atoms with Gasteiger partial charge in [0, 0.05) is 0 Å². The molecule has 0 saturated heterocycles. The summed E-state index contributed by atoms with van der Waals surface area (Å²) in [6.45, 7) is 0.704. The zero-order valence-corrected chi connectivity index (χ0v) is 17.6. The molecule has 0 bridgehead atoms. The lowest BCUT2D eigenvalue weighted by atomic mass is 10.2. The van der Waals surface area contributed by atoms with Crippen LogP contribution < -0.4 is 0 Å². The molecule has 0 saturated carbocycles. The lowest BCUT2D eigenvalue weighted by Gasteiger charge is -2.09. The third-order valence-electron chi connectivity index (χ3n) is 4.17. The molecule has 0 atom stereocenters. The molecule has 0 fully saturated rings. The number of aromatic nitrogens is 5. The van der Waals surface area contributed by atoms with E-state index >= 15 is 0 Å². The summed E-state index contributed by atoms with van der Waals surface area (Å²) in [5.74, 6) is 2.64. The second-order valence-corrected chi connectivity index (χ2v) is 8.97. The van der Waals surface area contributed by atoms with Crippen LogP contribution in [0.25, 0.3) is 21.5 Å². The summed E-state index contributed by atoms with van der Waals surface area (Å²) in [4.78, 5) is 6.56. The van der Waals surface area contributed by atoms with Crippen LogP contribution in [0.4, 0.5) is 0 Å². The van der Waals surface area contributed by atoms with Crippen molar-refractivity contribution < 1.29 is 4.52 Å². The molecule has 0 unspecified atom stereocenters. The highest BCUT2D eigenvalue weighted by Gasteiger charge is 2.17. The number of thioether (sulfide) groups is 1. The van der Waals surface area contributed by atoms with Crippen LogP contribution in [0.2, 0.25) is 0 Å². The van der Waals surface area contributed by atoms with Gasteiger partial charge in [0.25, 0.3) is 5.89 Å². The Balaban J connectivity index is 1.39. The molecule has 4 heterocycles. The Hall–Kier alpha value is -2.75. The van der Waals surface area contributed by atoms with Gasteiger partial charge in [-0.2, -0.15) is 4.98 Å². The Bertz CT molecular complexity index is 1180. The van der Waals surface area contributed by atoms with Crippen LogP contribution in [0.1, 0.15) is 11.4 Å². The lowest BCUT2D eigenvalue weighted by Crippen LogP contribution is -2.03. The fourth-order valence-electron chi connectivity index (χ4n) is 2.83. The molecule has 0 aliphatic heterocycles. The SMILES string of the molecule is c1ccc(Cn2c(SCc3noc(-c4cccs4)n3)nnc2-c2cccs2)cc1. The van der Waals surface area contributed by atoms with Crippen LogP contribution in [-0.4, -0.2) is 24.9 Å². The van der Waals surface area contributed by atoms with Gasteiger partial charge in [-0.3, -0.25) is 4.57 Å². The van der Waals surface area contributed by atoms with Crippen LogP contribution in [-0.2, 0) is 12.3 Å². The highest BCUT2D eigenvalue weighted by molar-refractivity contribution is 7.98. The predicted molar refractivity (Wildman–Crippen MR) is 116 cm³/mol. The van der Waals surface area contributed by atoms with E-state index in [4.69, 9.17) is 4.52 Å². The molecule has 4 aromatic heterocycles. The maximum absolute atomic E-state index is 5.38. The summed E-state index contributed by atoms with van der Waals surface area (Å²) in [5, 5.41) is 17.9. The largest absolute Gasteiger partial charge is 0.333 e. The molecular formula is C20H15N5OS3. The molecule has 6 nitrogen and oxygen atoms in total. The zero-order chi connectivity index (χ0) is 19.5. The van der Waals surface area contributed by atoms with Crippen LogP contribution in [0.3, 0.4) is 0 Å². The second kappa shape index (κ2) is 8.32. The summed E-state index contributed by atoms with van der Waals surface area (Å²) < 4.78 is 7.53. The van der Waals surface area contributed by atoms with Gasteiger partial charge in [0.1, 0.15) is 0 Å². The molecule has 1 aromatic carbocycles. The summed E-state index contributed by atoms with van der Waals surface area (Å²) in [6, 6.07) is 18.4. The van der Waals surface area contributed by atoms with Crippen LogP contribution >= 0.6 is 34.4 Å². The standard InChI is InChI=1S/C20H15N5OS3/c1-2-6-14(7-3-1)12-25-18(15-8-4-10-27-15)22-23-20(25)29-13-17-21-19(26-24-17)16-9-5-11-28-16/h1-11H,12-13H2. The minimum Gasteiger partial charge on any atom is -0.333 e. The van der Waals surface area contributed by atoms with E-state index in [2.05, 4.69) is 48.5 Å². The van der Waals surface area contributed by atoms with Crippen molar-refractivity contribution in [1.29, 1.82) is 0 Å². The Morgan fingerprint density at radius 1 is 0.897 bits per heavy atom. The first-order chi connectivity index (χ1) is 14.4. The zero-order valence-electron chi connectivity index (χ0n) is 15.1. The van der Waals surface area contributed by atoms with Crippen molar-refractivity contribution in [2.45, 2.75) is 17.5 Å². The van der Waals surface area contributed by atoms with E-state index in [1.807, 2.05) is 41.8 Å². The van der Waals surface area contributed by atoms with E-state index in [0.717, 1.165) is 20.7 Å². The van der Waals surface area contributed by atoms with Gasteiger partial charge in [0.05, 0.1) is 22.1 Å². The fourth-order valence-corrected chi connectivity index (χ4v) is 4.98. The molecule has 0 aliphatic rings. The van der Waals surface area contributed by atoms with Crippen molar-refractivity contribution in [1.82, 2.24) is 24.9 Å². The third-order valence-corrected chi connectivity index (χ3v) is 6.86. The van der Waals surface area contributed by atoms with Gasteiger partial charge in [-0.15, -0.1) is 32.9 Å². The van der Waals surface area contributed by atoms with E-state index < -0.39 is 0 Å². The Morgan fingerprint density at radius 2 is 1.69 bits per heavy atom. The van der Waals surface area contributed by atoms with E-state index in [1.165, 1.54) is 5.56 Å². The van der Waals surface area contributed by atoms with E-state index in [-0.39, 0.29) is 0 Å². The number of benzene rings is 1. The Morgan fingerprint density at radius 3 is 2.45 bits per heavy atom. The quantitative estimate of drug-likeness (QED) is 0.315. The third kappa shape index (κ3) is 4.02. The number of hydrogen-bond acceptors (Lipinski definition) is 8. The molecule has 0 amide bonds. The van der Waals surface area contributed by atoms with Crippen LogP contribution in [0.5, 0.6) is 0 Å². The first-order valence-electron chi connectivity index (χ1n) is 8.87. The van der Waals surface area contributed by atoms with Gasteiger partial charge < -0.3 is 4.52 Å². The summed E-state index contributed by atoms with van der Waals surface area (Å²) in [5.41, 5.74) is 1.20. The van der Waals surface area contributed by atoms with E-state index in [9.17, 15) is 0 Å². The van der Waals surface area contributed by atoms with Crippen molar-refractivity contribution in [2.24, 2.45) is 0 Å². The Kier molecular flexibility index (Phi) is 5.25. The number of rotatable bonds is 7. The average molecular weight is 438 g/mol.